The third kappa shape index (κ3) is 3.53. The summed E-state index contributed by atoms with van der Waals surface area (Å²) in [5.74, 6) is 0.720. The first-order chi connectivity index (χ1) is 15.4. The van der Waals surface area contributed by atoms with Crippen molar-refractivity contribution in [1.82, 2.24) is 4.90 Å². The Bertz CT molecular complexity index is 1130. The maximum atomic E-state index is 13.6. The summed E-state index contributed by atoms with van der Waals surface area (Å²) in [6, 6.07) is 11.8. The van der Waals surface area contributed by atoms with E-state index in [-0.39, 0.29) is 5.91 Å². The molecule has 0 aromatic heterocycles. The lowest BCUT2D eigenvalue weighted by molar-refractivity contribution is -0.112. The third-order valence-electron chi connectivity index (χ3n) is 6.40. The van der Waals surface area contributed by atoms with E-state index >= 15 is 0 Å². The van der Waals surface area contributed by atoms with Crippen LogP contribution in [0.3, 0.4) is 0 Å². The Labute approximate surface area is 189 Å². The zero-order valence-corrected chi connectivity index (χ0v) is 19.1. The van der Waals surface area contributed by atoms with Crippen molar-refractivity contribution in [2.24, 2.45) is 4.99 Å². The highest BCUT2D eigenvalue weighted by Crippen LogP contribution is 2.46. The molecule has 1 fully saturated rings. The van der Waals surface area contributed by atoms with E-state index < -0.39 is 5.54 Å². The largest absolute Gasteiger partial charge is 0.497 e. The first-order valence-electron chi connectivity index (χ1n) is 11.1. The Morgan fingerprint density at radius 3 is 2.47 bits per heavy atom. The number of rotatable bonds is 4. The van der Waals surface area contributed by atoms with Crippen LogP contribution in [0.2, 0.25) is 0 Å². The summed E-state index contributed by atoms with van der Waals surface area (Å²) in [5, 5.41) is 0. The van der Waals surface area contributed by atoms with Crippen molar-refractivity contribution < 1.29 is 14.3 Å². The number of nitrogens with zero attached hydrogens (tertiary/aromatic N) is 3. The number of aryl methyl sites for hydroxylation is 1. The monoisotopic (exact) mass is 431 g/mol. The molecule has 3 heterocycles. The molecule has 3 aliphatic heterocycles. The molecule has 3 aliphatic rings. The Hall–Kier alpha value is -2.96. The van der Waals surface area contributed by atoms with Crippen molar-refractivity contribution in [2.45, 2.75) is 26.3 Å². The molecule has 0 atom stereocenters. The number of morpholine rings is 1. The van der Waals surface area contributed by atoms with Gasteiger partial charge in [0, 0.05) is 30.8 Å². The van der Waals surface area contributed by atoms with Crippen molar-refractivity contribution in [3.05, 3.63) is 59.2 Å². The minimum atomic E-state index is -0.438. The molecule has 0 radical (unpaired) electrons. The van der Waals surface area contributed by atoms with Gasteiger partial charge in [0.2, 0.25) is 0 Å². The number of benzene rings is 2. The molecule has 2 aromatic rings. The predicted octanol–water partition coefficient (Wildman–Crippen LogP) is 3.98. The van der Waals surface area contributed by atoms with Crippen molar-refractivity contribution in [3.8, 4) is 5.75 Å². The minimum absolute atomic E-state index is 0.0469. The molecule has 0 N–H and O–H groups in total. The molecule has 5 rings (SSSR count). The number of hydrogen-bond acceptors (Lipinski definition) is 5. The van der Waals surface area contributed by atoms with Gasteiger partial charge >= 0.3 is 0 Å². The lowest BCUT2D eigenvalue weighted by atomic mass is 9.87. The number of carbonyl (C=O) groups excluding carboxylic acids is 1. The number of ether oxygens (including phenoxy) is 2. The molecule has 1 saturated heterocycles. The van der Waals surface area contributed by atoms with Crippen LogP contribution in [0.5, 0.6) is 5.75 Å². The topological polar surface area (TPSA) is 54.4 Å². The molecule has 6 heteroatoms. The molecular formula is C26H29N3O3. The van der Waals surface area contributed by atoms with Gasteiger partial charge in [0.25, 0.3) is 5.91 Å². The Morgan fingerprint density at radius 1 is 1.09 bits per heavy atom. The molecule has 0 aliphatic carbocycles. The van der Waals surface area contributed by atoms with E-state index in [1.54, 1.807) is 7.11 Å². The third-order valence-corrected chi connectivity index (χ3v) is 6.40. The molecule has 0 bridgehead atoms. The maximum Gasteiger partial charge on any atom is 0.278 e. The van der Waals surface area contributed by atoms with E-state index in [0.29, 0.717) is 5.71 Å². The Morgan fingerprint density at radius 2 is 1.78 bits per heavy atom. The maximum absolute atomic E-state index is 13.6. The number of carbonyl (C=O) groups is 1. The number of hydrogen-bond donors (Lipinski definition) is 0. The summed E-state index contributed by atoms with van der Waals surface area (Å²) >= 11 is 0. The van der Waals surface area contributed by atoms with Crippen molar-refractivity contribution in [2.75, 3.05) is 44.9 Å². The quantitative estimate of drug-likeness (QED) is 0.735. The van der Waals surface area contributed by atoms with Crippen LogP contribution in [-0.2, 0) is 9.53 Å². The molecule has 6 nitrogen and oxygen atoms in total. The van der Waals surface area contributed by atoms with Gasteiger partial charge in [-0.3, -0.25) is 14.6 Å². The smallest absolute Gasteiger partial charge is 0.278 e. The van der Waals surface area contributed by atoms with Crippen LogP contribution in [-0.4, -0.2) is 62.0 Å². The summed E-state index contributed by atoms with van der Waals surface area (Å²) < 4.78 is 10.8. The number of methoxy groups -OCH3 is 1. The summed E-state index contributed by atoms with van der Waals surface area (Å²) in [5.41, 5.74) is 6.25. The van der Waals surface area contributed by atoms with Crippen LogP contribution in [0, 0.1) is 6.92 Å². The number of anilines is 1. The van der Waals surface area contributed by atoms with E-state index in [4.69, 9.17) is 14.5 Å². The van der Waals surface area contributed by atoms with Crippen LogP contribution >= 0.6 is 0 Å². The van der Waals surface area contributed by atoms with Crippen LogP contribution in [0.1, 0.15) is 30.5 Å². The van der Waals surface area contributed by atoms with Crippen LogP contribution < -0.4 is 9.64 Å². The van der Waals surface area contributed by atoms with Gasteiger partial charge < -0.3 is 9.47 Å². The van der Waals surface area contributed by atoms with Crippen molar-refractivity contribution in [3.63, 3.8) is 0 Å². The fourth-order valence-corrected chi connectivity index (χ4v) is 4.91. The van der Waals surface area contributed by atoms with Gasteiger partial charge in [0.05, 0.1) is 37.2 Å². The molecule has 0 spiro atoms. The summed E-state index contributed by atoms with van der Waals surface area (Å²) in [4.78, 5) is 22.8. The van der Waals surface area contributed by atoms with Crippen molar-refractivity contribution in [1.29, 1.82) is 0 Å². The van der Waals surface area contributed by atoms with Crippen LogP contribution in [0.25, 0.3) is 5.57 Å². The minimum Gasteiger partial charge on any atom is -0.497 e. The molecule has 1 amide bonds. The van der Waals surface area contributed by atoms with E-state index in [1.807, 2.05) is 29.2 Å². The average Bonchev–Trinajstić information content (AvgIpc) is 3.05. The SMILES string of the molecule is COc1ccc(N=C2C(=O)N3c4c(cc(C)cc42)C(CN2CCOCC2)=CC3(C)C)cc1. The van der Waals surface area contributed by atoms with E-state index in [0.717, 1.165) is 66.7 Å². The van der Waals surface area contributed by atoms with Gasteiger partial charge in [-0.15, -0.1) is 0 Å². The molecule has 0 unspecified atom stereocenters. The summed E-state index contributed by atoms with van der Waals surface area (Å²) in [7, 11) is 1.64. The number of amides is 1. The predicted molar refractivity (Wildman–Crippen MR) is 127 cm³/mol. The van der Waals surface area contributed by atoms with Gasteiger partial charge in [0.15, 0.2) is 0 Å². The fourth-order valence-electron chi connectivity index (χ4n) is 4.91. The zero-order chi connectivity index (χ0) is 22.5. The van der Waals surface area contributed by atoms with E-state index in [2.05, 4.69) is 43.9 Å². The van der Waals surface area contributed by atoms with Crippen LogP contribution in [0.15, 0.2) is 47.5 Å². The molecular weight excluding hydrogens is 402 g/mol. The van der Waals surface area contributed by atoms with Crippen molar-refractivity contribution >= 4 is 28.6 Å². The average molecular weight is 432 g/mol. The van der Waals surface area contributed by atoms with Gasteiger partial charge in [-0.1, -0.05) is 6.08 Å². The second-order valence-corrected chi connectivity index (χ2v) is 9.22. The highest BCUT2D eigenvalue weighted by molar-refractivity contribution is 6.55. The van der Waals surface area contributed by atoms with Gasteiger partial charge in [-0.2, -0.15) is 0 Å². The normalized spacial score (nSPS) is 21.0. The van der Waals surface area contributed by atoms with Gasteiger partial charge in [-0.05, 0) is 68.3 Å². The molecule has 2 aromatic carbocycles. The standard InChI is InChI=1S/C26H29N3O3/c1-17-13-21-18(16-28-9-11-32-12-10-28)15-26(2,3)29-24(21)22(14-17)23(25(29)30)27-19-5-7-20(31-4)8-6-19/h5-8,13-15H,9-12,16H2,1-4H3. The number of aliphatic imine (C=N–C) groups is 1. The molecule has 32 heavy (non-hydrogen) atoms. The Kier molecular flexibility index (Phi) is 5.14. The lowest BCUT2D eigenvalue weighted by Crippen LogP contribution is -2.48. The summed E-state index contributed by atoms with van der Waals surface area (Å²) in [6.45, 7) is 10.5. The molecule has 166 valence electrons. The van der Waals surface area contributed by atoms with E-state index in [1.165, 1.54) is 5.57 Å². The highest BCUT2D eigenvalue weighted by atomic mass is 16.5. The fraction of sp³-hybridized carbons (Fsp3) is 0.385. The molecule has 0 saturated carbocycles. The first kappa shape index (κ1) is 20.9. The Balaban J connectivity index is 1.61. The summed E-state index contributed by atoms with van der Waals surface area (Å²) in [6.07, 6.45) is 2.25. The first-order valence-corrected chi connectivity index (χ1v) is 11.1. The van der Waals surface area contributed by atoms with Gasteiger partial charge in [0.1, 0.15) is 11.5 Å². The van der Waals surface area contributed by atoms with E-state index in [9.17, 15) is 4.79 Å². The second kappa shape index (κ2) is 7.87. The highest BCUT2D eigenvalue weighted by Gasteiger charge is 2.46. The van der Waals surface area contributed by atoms with Gasteiger partial charge in [-0.25, -0.2) is 4.99 Å². The van der Waals surface area contributed by atoms with Crippen LogP contribution in [0.4, 0.5) is 11.4 Å². The lowest BCUT2D eigenvalue weighted by Gasteiger charge is -2.40. The second-order valence-electron chi connectivity index (χ2n) is 9.22. The zero-order valence-electron chi connectivity index (χ0n) is 19.1.